The SMILES string of the molecule is CC.O=P1(O)CCCCC1. The van der Waals surface area contributed by atoms with Gasteiger partial charge in [-0.15, -0.1) is 0 Å². The average molecular weight is 164 g/mol. The molecule has 3 heteroatoms. The van der Waals surface area contributed by atoms with Gasteiger partial charge >= 0.3 is 0 Å². The van der Waals surface area contributed by atoms with E-state index in [0.29, 0.717) is 12.3 Å². The van der Waals surface area contributed by atoms with Crippen molar-refractivity contribution in [3.05, 3.63) is 0 Å². The molecule has 0 aromatic carbocycles. The topological polar surface area (TPSA) is 37.3 Å². The van der Waals surface area contributed by atoms with Crippen LogP contribution in [0.25, 0.3) is 0 Å². The molecule has 10 heavy (non-hydrogen) atoms. The molecule has 0 unspecified atom stereocenters. The molecule has 1 N–H and O–H groups in total. The molecule has 0 spiro atoms. The van der Waals surface area contributed by atoms with Gasteiger partial charge < -0.3 is 4.89 Å². The summed E-state index contributed by atoms with van der Waals surface area (Å²) in [6.07, 6.45) is 4.17. The Morgan fingerprint density at radius 2 is 1.50 bits per heavy atom. The lowest BCUT2D eigenvalue weighted by molar-refractivity contribution is 0.463. The van der Waals surface area contributed by atoms with E-state index in [1.807, 2.05) is 13.8 Å². The molecule has 62 valence electrons. The molecule has 0 radical (unpaired) electrons. The van der Waals surface area contributed by atoms with Gasteiger partial charge in [-0.1, -0.05) is 20.3 Å². The molecule has 0 aromatic heterocycles. The minimum absolute atomic E-state index is 0.562. The molecule has 0 saturated carbocycles. The Balaban J connectivity index is 0.000000371. The van der Waals surface area contributed by atoms with Crippen molar-refractivity contribution in [2.24, 2.45) is 0 Å². The van der Waals surface area contributed by atoms with Gasteiger partial charge in [-0.05, 0) is 12.8 Å². The van der Waals surface area contributed by atoms with E-state index in [0.717, 1.165) is 19.3 Å². The van der Waals surface area contributed by atoms with Crippen LogP contribution in [0.5, 0.6) is 0 Å². The molecule has 1 fully saturated rings. The first-order chi connectivity index (χ1) is 4.71. The van der Waals surface area contributed by atoms with Crippen molar-refractivity contribution < 1.29 is 9.46 Å². The molecular weight excluding hydrogens is 147 g/mol. The van der Waals surface area contributed by atoms with E-state index in [1.54, 1.807) is 0 Å². The van der Waals surface area contributed by atoms with E-state index in [4.69, 9.17) is 4.89 Å². The summed E-state index contributed by atoms with van der Waals surface area (Å²) in [6.45, 7) is 4.00. The zero-order valence-electron chi connectivity index (χ0n) is 6.84. The summed E-state index contributed by atoms with van der Waals surface area (Å²) in [4.78, 5) is 8.93. The third kappa shape index (κ3) is 4.08. The summed E-state index contributed by atoms with van der Waals surface area (Å²) >= 11 is 0. The lowest BCUT2D eigenvalue weighted by atomic mass is 10.3. The van der Waals surface area contributed by atoms with Crippen LogP contribution in [0.15, 0.2) is 0 Å². The highest BCUT2D eigenvalue weighted by atomic mass is 31.2. The lowest BCUT2D eigenvalue weighted by Gasteiger charge is -2.15. The van der Waals surface area contributed by atoms with Crippen molar-refractivity contribution in [3.8, 4) is 0 Å². The van der Waals surface area contributed by atoms with Gasteiger partial charge in [0.25, 0.3) is 0 Å². The molecule has 0 amide bonds. The highest BCUT2D eigenvalue weighted by Crippen LogP contribution is 2.45. The molecule has 0 aliphatic carbocycles. The highest BCUT2D eigenvalue weighted by Gasteiger charge is 2.20. The van der Waals surface area contributed by atoms with Gasteiger partial charge in [0.2, 0.25) is 7.37 Å². The second kappa shape index (κ2) is 4.92. The smallest absolute Gasteiger partial charge is 0.200 e. The van der Waals surface area contributed by atoms with Gasteiger partial charge in [0.1, 0.15) is 0 Å². The summed E-state index contributed by atoms with van der Waals surface area (Å²) in [5.74, 6) is 0. The molecule has 0 aromatic rings. The zero-order chi connectivity index (χ0) is 8.04. The van der Waals surface area contributed by atoms with Gasteiger partial charge in [-0.3, -0.25) is 4.57 Å². The van der Waals surface area contributed by atoms with Crippen LogP contribution >= 0.6 is 7.37 Å². The monoisotopic (exact) mass is 164 g/mol. The van der Waals surface area contributed by atoms with Crippen LogP contribution in [0.1, 0.15) is 33.1 Å². The lowest BCUT2D eigenvalue weighted by Crippen LogP contribution is -2.01. The van der Waals surface area contributed by atoms with Crippen molar-refractivity contribution in [1.29, 1.82) is 0 Å². The Bertz CT molecular complexity index is 113. The largest absolute Gasteiger partial charge is 0.344 e. The Labute approximate surface area is 63.1 Å². The fourth-order valence-electron chi connectivity index (χ4n) is 1.01. The molecule has 2 nitrogen and oxygen atoms in total. The maximum atomic E-state index is 10.8. The van der Waals surface area contributed by atoms with Crippen LogP contribution in [0.3, 0.4) is 0 Å². The van der Waals surface area contributed by atoms with Gasteiger partial charge in [0.05, 0.1) is 0 Å². The van der Waals surface area contributed by atoms with E-state index >= 15 is 0 Å². The summed E-state index contributed by atoms with van der Waals surface area (Å²) in [7, 11) is -2.59. The van der Waals surface area contributed by atoms with Crippen LogP contribution in [-0.4, -0.2) is 17.2 Å². The molecule has 0 atom stereocenters. The molecule has 1 aliphatic heterocycles. The van der Waals surface area contributed by atoms with Crippen molar-refractivity contribution in [3.63, 3.8) is 0 Å². The fraction of sp³-hybridized carbons (Fsp3) is 1.00. The van der Waals surface area contributed by atoms with Gasteiger partial charge in [0, 0.05) is 12.3 Å². The van der Waals surface area contributed by atoms with E-state index in [2.05, 4.69) is 0 Å². The summed E-state index contributed by atoms with van der Waals surface area (Å²) in [5, 5.41) is 0. The standard InChI is InChI=1S/C5H11O2P.C2H6/c6-8(7)4-2-1-3-5-8;1-2/h1-5H2,(H,6,7);1-2H3. The van der Waals surface area contributed by atoms with Crippen LogP contribution in [-0.2, 0) is 4.57 Å². The maximum Gasteiger partial charge on any atom is 0.200 e. The molecule has 0 bridgehead atoms. The van der Waals surface area contributed by atoms with Crippen molar-refractivity contribution in [2.45, 2.75) is 33.1 Å². The van der Waals surface area contributed by atoms with Crippen LogP contribution in [0, 0.1) is 0 Å². The van der Waals surface area contributed by atoms with Gasteiger partial charge in [-0.25, -0.2) is 0 Å². The predicted molar refractivity (Wildman–Crippen MR) is 44.8 cm³/mol. The Kier molecular flexibility index (Phi) is 5.02. The first kappa shape index (κ1) is 10.2. The fourth-order valence-corrected chi connectivity index (χ4v) is 2.67. The Morgan fingerprint density at radius 3 is 1.70 bits per heavy atom. The molecule has 1 saturated heterocycles. The Hall–Kier alpha value is 0.190. The van der Waals surface area contributed by atoms with Crippen molar-refractivity contribution in [1.82, 2.24) is 0 Å². The predicted octanol–water partition coefficient (Wildman–Crippen LogP) is 2.47. The summed E-state index contributed by atoms with van der Waals surface area (Å²) < 4.78 is 10.8. The second-order valence-electron chi connectivity index (χ2n) is 2.35. The molecule has 1 aliphatic rings. The van der Waals surface area contributed by atoms with Gasteiger partial charge in [-0.2, -0.15) is 0 Å². The molecular formula is C7H17O2P. The van der Waals surface area contributed by atoms with Crippen LogP contribution in [0.4, 0.5) is 0 Å². The van der Waals surface area contributed by atoms with Crippen LogP contribution < -0.4 is 0 Å². The minimum atomic E-state index is -2.59. The number of hydrogen-bond acceptors (Lipinski definition) is 1. The quantitative estimate of drug-likeness (QED) is 0.558. The first-order valence-electron chi connectivity index (χ1n) is 4.02. The normalized spacial score (nSPS) is 22.7. The van der Waals surface area contributed by atoms with E-state index in [9.17, 15) is 4.57 Å². The molecule has 1 heterocycles. The third-order valence-corrected chi connectivity index (χ3v) is 3.55. The maximum absolute atomic E-state index is 10.8. The summed E-state index contributed by atoms with van der Waals surface area (Å²) in [5.41, 5.74) is 0. The molecule has 1 rings (SSSR count). The van der Waals surface area contributed by atoms with E-state index in [-0.39, 0.29) is 0 Å². The summed E-state index contributed by atoms with van der Waals surface area (Å²) in [6, 6.07) is 0. The first-order valence-corrected chi connectivity index (χ1v) is 6.05. The number of rotatable bonds is 0. The van der Waals surface area contributed by atoms with Crippen molar-refractivity contribution >= 4 is 7.37 Å². The Morgan fingerprint density at radius 1 is 1.10 bits per heavy atom. The van der Waals surface area contributed by atoms with Crippen LogP contribution in [0.2, 0.25) is 0 Å². The van der Waals surface area contributed by atoms with E-state index < -0.39 is 7.37 Å². The van der Waals surface area contributed by atoms with Gasteiger partial charge in [0.15, 0.2) is 0 Å². The second-order valence-corrected chi connectivity index (χ2v) is 4.94. The van der Waals surface area contributed by atoms with E-state index in [1.165, 1.54) is 0 Å². The number of hydrogen-bond donors (Lipinski definition) is 1. The average Bonchev–Trinajstić information content (AvgIpc) is 1.92. The highest BCUT2D eigenvalue weighted by molar-refractivity contribution is 7.58. The minimum Gasteiger partial charge on any atom is -0.344 e. The zero-order valence-corrected chi connectivity index (χ0v) is 7.73. The third-order valence-electron chi connectivity index (χ3n) is 1.52. The van der Waals surface area contributed by atoms with Crippen molar-refractivity contribution in [2.75, 3.05) is 12.3 Å².